The van der Waals surface area contributed by atoms with Crippen molar-refractivity contribution in [3.63, 3.8) is 0 Å². The van der Waals surface area contributed by atoms with Crippen LogP contribution in [0.15, 0.2) is 44.6 Å². The van der Waals surface area contributed by atoms with Crippen molar-refractivity contribution in [3.8, 4) is 0 Å². The van der Waals surface area contributed by atoms with Gasteiger partial charge in [0.05, 0.1) is 13.2 Å². The Labute approximate surface area is 222 Å². The maximum Gasteiger partial charge on any atom is 0.490 e. The number of hydrogen-bond acceptors (Lipinski definition) is 13. The maximum atomic E-state index is 13.2. The van der Waals surface area contributed by atoms with Crippen LogP contribution in [0, 0.1) is 6.92 Å². The highest BCUT2D eigenvalue weighted by atomic mass is 31.3. The molecule has 0 radical (unpaired) electrons. The van der Waals surface area contributed by atoms with Gasteiger partial charge in [-0.1, -0.05) is 16.8 Å². The van der Waals surface area contributed by atoms with Gasteiger partial charge in [-0.25, -0.2) is 18.5 Å². The highest BCUT2D eigenvalue weighted by Crippen LogP contribution is 2.66. The summed E-state index contributed by atoms with van der Waals surface area (Å²) in [5.41, 5.74) is -0.171. The number of benzene rings is 1. The molecule has 0 bridgehead atoms. The second kappa shape index (κ2) is 11.2. The zero-order valence-corrected chi connectivity index (χ0v) is 22.7. The second-order valence-corrected chi connectivity index (χ2v) is 12.9. The van der Waals surface area contributed by atoms with Gasteiger partial charge in [-0.15, -0.1) is 0 Å². The number of aromatic nitrogens is 3. The lowest BCUT2D eigenvalue weighted by atomic mass is 10.1. The molecule has 3 aromatic rings. The van der Waals surface area contributed by atoms with Crippen LogP contribution < -0.4 is 11.2 Å². The summed E-state index contributed by atoms with van der Waals surface area (Å²) in [6.07, 6.45) is -5.99. The molecule has 4 rings (SSSR count). The number of phosphoric acid groups is 3. The number of aliphatic hydroxyl groups is 2. The van der Waals surface area contributed by atoms with E-state index in [-0.39, 0.29) is 12.2 Å². The van der Waals surface area contributed by atoms with Gasteiger partial charge < -0.3 is 39.0 Å². The number of nitrogens with zero attached hydrogens (tertiary/aromatic N) is 3. The topological polar surface area (TPSA) is 280 Å². The normalized spacial score (nSPS) is 24.7. The number of ether oxygens (including phenoxy) is 1. The molecule has 6 atom stereocenters. The molecule has 1 saturated heterocycles. The first-order valence-corrected chi connectivity index (χ1v) is 15.5. The Kier molecular flexibility index (Phi) is 8.53. The Morgan fingerprint density at radius 1 is 1.00 bits per heavy atom. The number of aliphatic hydroxyl groups excluding tert-OH is 2. The molecule has 6 N–H and O–H groups in total. The minimum absolute atomic E-state index is 0.262. The third-order valence-electron chi connectivity index (χ3n) is 5.53. The van der Waals surface area contributed by atoms with Crippen molar-refractivity contribution in [2.75, 3.05) is 6.61 Å². The summed E-state index contributed by atoms with van der Waals surface area (Å²) < 4.78 is 57.9. The minimum Gasteiger partial charge on any atom is -0.387 e. The van der Waals surface area contributed by atoms with Gasteiger partial charge >= 0.3 is 29.2 Å². The lowest BCUT2D eigenvalue weighted by molar-refractivity contribution is -0.0547. The summed E-state index contributed by atoms with van der Waals surface area (Å²) in [6.45, 7) is 0.412. The lowest BCUT2D eigenvalue weighted by Crippen LogP contribution is -2.43. The van der Waals surface area contributed by atoms with Gasteiger partial charge in [0.15, 0.2) is 11.8 Å². The number of phosphoric ester groups is 1. The van der Waals surface area contributed by atoms with Crippen LogP contribution in [0.3, 0.4) is 0 Å². The molecule has 1 aromatic carbocycles. The van der Waals surface area contributed by atoms with Crippen molar-refractivity contribution in [1.82, 2.24) is 14.3 Å². The predicted molar refractivity (Wildman–Crippen MR) is 129 cm³/mol. The molecule has 220 valence electrons. The van der Waals surface area contributed by atoms with Gasteiger partial charge in [0.25, 0.3) is 5.56 Å². The van der Waals surface area contributed by atoms with E-state index >= 15 is 0 Å². The lowest BCUT2D eigenvalue weighted by Gasteiger charge is -2.19. The van der Waals surface area contributed by atoms with Crippen molar-refractivity contribution in [2.24, 2.45) is 0 Å². The molecule has 40 heavy (non-hydrogen) atoms. The van der Waals surface area contributed by atoms with E-state index in [1.165, 1.54) is 0 Å². The molecule has 0 spiro atoms. The van der Waals surface area contributed by atoms with Crippen molar-refractivity contribution < 1.29 is 65.9 Å². The fourth-order valence-electron chi connectivity index (χ4n) is 3.80. The van der Waals surface area contributed by atoms with E-state index in [0.29, 0.717) is 11.0 Å². The molecule has 1 fully saturated rings. The van der Waals surface area contributed by atoms with Crippen LogP contribution >= 0.6 is 23.5 Å². The average Bonchev–Trinajstić information content (AvgIpc) is 3.33. The summed E-state index contributed by atoms with van der Waals surface area (Å²) in [6, 6.07) is 6.18. The van der Waals surface area contributed by atoms with E-state index in [0.717, 1.165) is 27.0 Å². The van der Waals surface area contributed by atoms with Gasteiger partial charge in [0.1, 0.15) is 24.0 Å². The third-order valence-corrected chi connectivity index (χ3v) is 9.34. The summed E-state index contributed by atoms with van der Waals surface area (Å²) in [5, 5.41) is 25.3. The van der Waals surface area contributed by atoms with E-state index < -0.39 is 65.9 Å². The van der Waals surface area contributed by atoms with E-state index in [4.69, 9.17) is 19.0 Å². The summed E-state index contributed by atoms with van der Waals surface area (Å²) in [4.78, 5) is 61.6. The molecule has 0 aliphatic carbocycles. The molecule has 22 heteroatoms. The molecule has 0 amide bonds. The third kappa shape index (κ3) is 6.92. The SMILES string of the molecule is Cc1ccc2onc(Cn3c(=O)ccn([C@@H]4O[C@H](COP(=O)(O)OP(=O)(O)OP(=O)(O)O)[C@H](O)C4O)c3=O)c2c1. The molecule has 0 saturated carbocycles. The van der Waals surface area contributed by atoms with Gasteiger partial charge in [-0.3, -0.25) is 18.5 Å². The number of aryl methyl sites for hydroxylation is 1. The number of fused-ring (bicyclic) bond motifs is 1. The molecule has 1 aliphatic heterocycles. The molecular weight excluding hydrogens is 607 g/mol. The highest BCUT2D eigenvalue weighted by molar-refractivity contribution is 7.66. The van der Waals surface area contributed by atoms with Crippen molar-refractivity contribution in [2.45, 2.75) is 38.0 Å². The van der Waals surface area contributed by atoms with Crippen molar-refractivity contribution in [3.05, 3.63) is 62.6 Å². The average molecular weight is 629 g/mol. The van der Waals surface area contributed by atoms with Crippen LogP contribution in [-0.2, 0) is 38.1 Å². The number of hydrogen-bond donors (Lipinski definition) is 6. The Balaban J connectivity index is 1.51. The van der Waals surface area contributed by atoms with Crippen LogP contribution in [-0.4, -0.2) is 69.0 Å². The van der Waals surface area contributed by atoms with Crippen molar-refractivity contribution in [1.29, 1.82) is 0 Å². The molecule has 3 unspecified atom stereocenters. The van der Waals surface area contributed by atoms with Crippen LogP contribution in [0.4, 0.5) is 0 Å². The Morgan fingerprint density at radius 2 is 1.70 bits per heavy atom. The van der Waals surface area contributed by atoms with Gasteiger partial charge in [-0.05, 0) is 19.1 Å². The van der Waals surface area contributed by atoms with E-state index in [9.17, 15) is 43.3 Å². The Morgan fingerprint density at radius 3 is 2.38 bits per heavy atom. The fraction of sp³-hybridized carbons (Fsp3) is 0.389. The molecular formula is C18H22N3O16P3. The fourth-order valence-corrected chi connectivity index (χ4v) is 6.83. The van der Waals surface area contributed by atoms with E-state index in [1.54, 1.807) is 18.2 Å². The molecule has 1 aliphatic rings. The Bertz CT molecular complexity index is 1680. The monoisotopic (exact) mass is 629 g/mol. The first kappa shape index (κ1) is 30.6. The van der Waals surface area contributed by atoms with Crippen LogP contribution in [0.1, 0.15) is 17.5 Å². The van der Waals surface area contributed by atoms with E-state index in [2.05, 4.69) is 18.3 Å². The zero-order valence-electron chi connectivity index (χ0n) is 20.1. The van der Waals surface area contributed by atoms with Gasteiger partial charge in [-0.2, -0.15) is 8.62 Å². The highest BCUT2D eigenvalue weighted by Gasteiger charge is 2.47. The van der Waals surface area contributed by atoms with Crippen molar-refractivity contribution >= 4 is 34.4 Å². The first-order chi connectivity index (χ1) is 18.5. The summed E-state index contributed by atoms with van der Waals surface area (Å²) in [7, 11) is -17.0. The van der Waals surface area contributed by atoms with Crippen LogP contribution in [0.2, 0.25) is 0 Å². The molecule has 19 nitrogen and oxygen atoms in total. The largest absolute Gasteiger partial charge is 0.490 e. The van der Waals surface area contributed by atoms with Crippen LogP contribution in [0.25, 0.3) is 11.0 Å². The minimum atomic E-state index is -5.79. The second-order valence-electron chi connectivity index (χ2n) is 8.49. The summed E-state index contributed by atoms with van der Waals surface area (Å²) in [5.74, 6) is 0. The quantitative estimate of drug-likeness (QED) is 0.154. The molecule has 3 heterocycles. The standard InChI is InChI=1S/C18H22N3O16P3/c1-9-2-3-12-10(6-9)11(19-35-12)7-21-14(22)4-5-20(18(21)25)17-16(24)15(23)13(34-17)8-33-39(29,30)37-40(31,32)36-38(26,27)28/h2-6,13,15-17,23-24H,7-8H2,1H3,(H,29,30)(H,31,32)(H2,26,27,28)/t13-,15+,16?,17-/m1/s1. The summed E-state index contributed by atoms with van der Waals surface area (Å²) >= 11 is 0. The van der Waals surface area contributed by atoms with Gasteiger partial charge in [0.2, 0.25) is 0 Å². The van der Waals surface area contributed by atoms with E-state index in [1.807, 2.05) is 6.92 Å². The zero-order chi connectivity index (χ0) is 29.6. The smallest absolute Gasteiger partial charge is 0.387 e. The first-order valence-electron chi connectivity index (χ1n) is 10.9. The Hall–Kier alpha value is -2.34. The molecule has 2 aromatic heterocycles. The predicted octanol–water partition coefficient (Wildman–Crippen LogP) is -0.530. The van der Waals surface area contributed by atoms with Crippen LogP contribution in [0.5, 0.6) is 0 Å². The number of rotatable bonds is 10. The maximum absolute atomic E-state index is 13.2. The van der Waals surface area contributed by atoms with Gasteiger partial charge in [0, 0.05) is 17.6 Å².